The van der Waals surface area contributed by atoms with Gasteiger partial charge in [0.15, 0.2) is 0 Å². The highest BCUT2D eigenvalue weighted by atomic mass is 16.6. The van der Waals surface area contributed by atoms with Crippen molar-refractivity contribution in [3.05, 3.63) is 100 Å². The van der Waals surface area contributed by atoms with Crippen molar-refractivity contribution >= 4 is 23.1 Å². The largest absolute Gasteiger partial charge is 0.497 e. The van der Waals surface area contributed by atoms with Gasteiger partial charge in [-0.3, -0.25) is 10.1 Å². The lowest BCUT2D eigenvalue weighted by Crippen LogP contribution is -2.31. The van der Waals surface area contributed by atoms with Crippen molar-refractivity contribution < 1.29 is 14.5 Å². The van der Waals surface area contributed by atoms with E-state index in [1.807, 2.05) is 42.5 Å². The third-order valence-corrected chi connectivity index (χ3v) is 5.60. The summed E-state index contributed by atoms with van der Waals surface area (Å²) in [6, 6.07) is 23.3. The van der Waals surface area contributed by atoms with E-state index in [1.165, 1.54) is 22.7 Å². The van der Waals surface area contributed by atoms with Crippen LogP contribution in [-0.4, -0.2) is 35.3 Å². The second kappa shape index (κ2) is 9.95. The van der Waals surface area contributed by atoms with Crippen LogP contribution in [0.3, 0.4) is 0 Å². The highest BCUT2D eigenvalue weighted by Gasteiger charge is 2.31. The predicted molar refractivity (Wildman–Crippen MR) is 127 cm³/mol. The number of hydrogen-bond donors (Lipinski definition) is 1. The molecule has 3 aromatic rings. The Morgan fingerprint density at radius 1 is 1.09 bits per heavy atom. The van der Waals surface area contributed by atoms with Crippen molar-refractivity contribution in [2.45, 2.75) is 12.8 Å². The van der Waals surface area contributed by atoms with Crippen molar-refractivity contribution in [1.82, 2.24) is 5.01 Å². The van der Waals surface area contributed by atoms with E-state index in [0.717, 1.165) is 29.9 Å². The molecule has 0 saturated carbocycles. The van der Waals surface area contributed by atoms with E-state index < -0.39 is 11.0 Å². The summed E-state index contributed by atoms with van der Waals surface area (Å²) in [5.74, 6) is 0.763. The molecule has 1 aliphatic heterocycles. The van der Waals surface area contributed by atoms with E-state index in [4.69, 9.17) is 4.74 Å². The van der Waals surface area contributed by atoms with Crippen LogP contribution in [0.15, 0.2) is 84.0 Å². The van der Waals surface area contributed by atoms with E-state index in [0.29, 0.717) is 6.54 Å². The number of urea groups is 1. The number of rotatable bonds is 7. The van der Waals surface area contributed by atoms with Crippen molar-refractivity contribution in [1.29, 1.82) is 0 Å². The second-order valence-electron chi connectivity index (χ2n) is 7.72. The lowest BCUT2D eigenvalue weighted by Gasteiger charge is -2.16. The SMILES string of the molecule is COc1ccc(C2=NN(C(=O)Nc3ccccc3[N+](=O)[O-])CC2CCc2ccccc2)cc1. The standard InChI is InChI=1S/C25H24N4O4/c1-33-21-15-13-19(14-16-21)24-20(12-11-18-7-3-2-4-8-18)17-28(27-24)25(30)26-22-9-5-6-10-23(22)29(31)32/h2-10,13-16,20H,11-12,17H2,1H3,(H,26,30). The van der Waals surface area contributed by atoms with Gasteiger partial charge in [-0.25, -0.2) is 9.80 Å². The van der Waals surface area contributed by atoms with Gasteiger partial charge < -0.3 is 10.1 Å². The molecule has 8 nitrogen and oxygen atoms in total. The molecule has 1 N–H and O–H groups in total. The molecule has 1 heterocycles. The summed E-state index contributed by atoms with van der Waals surface area (Å²) in [5.41, 5.74) is 2.92. The normalized spacial score (nSPS) is 15.1. The lowest BCUT2D eigenvalue weighted by molar-refractivity contribution is -0.383. The Labute approximate surface area is 191 Å². The van der Waals surface area contributed by atoms with Crippen LogP contribution in [0.4, 0.5) is 16.2 Å². The van der Waals surface area contributed by atoms with Crippen molar-refractivity contribution in [3.8, 4) is 5.75 Å². The average Bonchev–Trinajstić information content (AvgIpc) is 3.28. The predicted octanol–water partition coefficient (Wildman–Crippen LogP) is 5.10. The van der Waals surface area contributed by atoms with Crippen LogP contribution in [0.25, 0.3) is 0 Å². The number of para-hydroxylation sites is 2. The molecule has 0 aliphatic carbocycles. The Morgan fingerprint density at radius 2 is 1.79 bits per heavy atom. The van der Waals surface area contributed by atoms with Crippen molar-refractivity contribution in [2.75, 3.05) is 19.0 Å². The van der Waals surface area contributed by atoms with E-state index in [2.05, 4.69) is 22.6 Å². The Bertz CT molecular complexity index is 1160. The molecule has 1 unspecified atom stereocenters. The number of amides is 2. The van der Waals surface area contributed by atoms with Crippen molar-refractivity contribution in [2.24, 2.45) is 11.0 Å². The van der Waals surface area contributed by atoms with E-state index in [1.54, 1.807) is 19.2 Å². The van der Waals surface area contributed by atoms with Gasteiger partial charge in [-0.05, 0) is 54.3 Å². The summed E-state index contributed by atoms with van der Waals surface area (Å²) in [4.78, 5) is 23.7. The minimum absolute atomic E-state index is 0.0233. The first-order valence-corrected chi connectivity index (χ1v) is 10.6. The van der Waals surface area contributed by atoms with E-state index in [-0.39, 0.29) is 17.3 Å². The molecule has 2 amide bonds. The van der Waals surface area contributed by atoms with E-state index >= 15 is 0 Å². The van der Waals surface area contributed by atoms with Crippen LogP contribution in [0, 0.1) is 16.0 Å². The zero-order valence-corrected chi connectivity index (χ0v) is 18.2. The summed E-state index contributed by atoms with van der Waals surface area (Å²) >= 11 is 0. The lowest BCUT2D eigenvalue weighted by atomic mass is 9.91. The van der Waals surface area contributed by atoms with Gasteiger partial charge in [-0.1, -0.05) is 42.5 Å². The zero-order chi connectivity index (χ0) is 23.2. The Balaban J connectivity index is 1.56. The smallest absolute Gasteiger partial charge is 0.342 e. The summed E-state index contributed by atoms with van der Waals surface area (Å²) < 4.78 is 5.25. The maximum absolute atomic E-state index is 13.0. The molecule has 0 radical (unpaired) electrons. The minimum Gasteiger partial charge on any atom is -0.497 e. The molecular formula is C25H24N4O4. The Morgan fingerprint density at radius 3 is 2.48 bits per heavy atom. The highest BCUT2D eigenvalue weighted by Crippen LogP contribution is 2.28. The number of nitrogens with one attached hydrogen (secondary N) is 1. The molecule has 1 atom stereocenters. The topological polar surface area (TPSA) is 97.1 Å². The van der Waals surface area contributed by atoms with Crippen LogP contribution < -0.4 is 10.1 Å². The zero-order valence-electron chi connectivity index (χ0n) is 18.2. The molecule has 168 valence electrons. The molecule has 0 saturated heterocycles. The monoisotopic (exact) mass is 444 g/mol. The van der Waals surface area contributed by atoms with Crippen LogP contribution >= 0.6 is 0 Å². The Hall–Kier alpha value is -4.20. The van der Waals surface area contributed by atoms with Gasteiger partial charge in [0.2, 0.25) is 0 Å². The number of benzene rings is 3. The number of anilines is 1. The van der Waals surface area contributed by atoms with Crippen LogP contribution in [0.2, 0.25) is 0 Å². The fourth-order valence-corrected chi connectivity index (χ4v) is 3.86. The second-order valence-corrected chi connectivity index (χ2v) is 7.72. The number of methoxy groups -OCH3 is 1. The fourth-order valence-electron chi connectivity index (χ4n) is 3.86. The van der Waals surface area contributed by atoms with Gasteiger partial charge >= 0.3 is 6.03 Å². The summed E-state index contributed by atoms with van der Waals surface area (Å²) in [6.45, 7) is 0.390. The number of ether oxygens (including phenoxy) is 1. The number of carbonyl (C=O) groups excluding carboxylic acids is 1. The first kappa shape index (κ1) is 22.0. The number of nitrogens with zero attached hydrogens (tertiary/aromatic N) is 3. The number of nitro groups is 1. The third-order valence-electron chi connectivity index (χ3n) is 5.60. The molecule has 1 aliphatic rings. The molecule has 4 rings (SSSR count). The molecule has 0 spiro atoms. The maximum atomic E-state index is 13.0. The fraction of sp³-hybridized carbons (Fsp3) is 0.200. The van der Waals surface area contributed by atoms with Gasteiger partial charge in [0.1, 0.15) is 11.4 Å². The van der Waals surface area contributed by atoms with E-state index in [9.17, 15) is 14.9 Å². The first-order chi connectivity index (χ1) is 16.0. The van der Waals surface area contributed by atoms with Crippen LogP contribution in [0.5, 0.6) is 5.75 Å². The molecule has 3 aromatic carbocycles. The van der Waals surface area contributed by atoms with Crippen molar-refractivity contribution in [3.63, 3.8) is 0 Å². The first-order valence-electron chi connectivity index (χ1n) is 10.6. The van der Waals surface area contributed by atoms with Crippen LogP contribution in [-0.2, 0) is 6.42 Å². The number of nitro benzene ring substituents is 1. The minimum atomic E-state index is -0.520. The average molecular weight is 444 g/mol. The summed E-state index contributed by atoms with van der Waals surface area (Å²) in [5, 5.41) is 19.9. The molecule has 0 aromatic heterocycles. The van der Waals surface area contributed by atoms with Gasteiger partial charge in [0, 0.05) is 12.0 Å². The number of aryl methyl sites for hydroxylation is 1. The molecular weight excluding hydrogens is 420 g/mol. The molecule has 8 heteroatoms. The highest BCUT2D eigenvalue weighted by molar-refractivity contribution is 6.05. The molecule has 33 heavy (non-hydrogen) atoms. The van der Waals surface area contributed by atoms with Gasteiger partial charge in [0.25, 0.3) is 5.69 Å². The van der Waals surface area contributed by atoms with Crippen LogP contribution in [0.1, 0.15) is 17.5 Å². The molecule has 0 fully saturated rings. The maximum Gasteiger partial charge on any atom is 0.342 e. The Kier molecular flexibility index (Phi) is 6.64. The van der Waals surface area contributed by atoms with Gasteiger partial charge in [0.05, 0.1) is 24.3 Å². The van der Waals surface area contributed by atoms with Gasteiger partial charge in [-0.2, -0.15) is 5.10 Å². The summed E-state index contributed by atoms with van der Waals surface area (Å²) in [7, 11) is 1.61. The quantitative estimate of drug-likeness (QED) is 0.405. The number of hydrazone groups is 1. The molecule has 0 bridgehead atoms. The third kappa shape index (κ3) is 5.17. The number of carbonyl (C=O) groups is 1. The summed E-state index contributed by atoms with van der Waals surface area (Å²) in [6.07, 6.45) is 1.66. The van der Waals surface area contributed by atoms with Gasteiger partial charge in [-0.15, -0.1) is 0 Å². The number of hydrogen-bond acceptors (Lipinski definition) is 5.